The van der Waals surface area contributed by atoms with Crippen LogP contribution in [0.3, 0.4) is 0 Å². The second-order valence-electron chi connectivity index (χ2n) is 9.21. The molecule has 0 aromatic heterocycles. The van der Waals surface area contributed by atoms with Crippen molar-refractivity contribution in [2.24, 2.45) is 23.7 Å². The van der Waals surface area contributed by atoms with Gasteiger partial charge in [0.25, 0.3) is 23.4 Å². The predicted molar refractivity (Wildman–Crippen MR) is 141 cm³/mol. The highest BCUT2D eigenvalue weighted by Gasteiger charge is 2.67. The summed E-state index contributed by atoms with van der Waals surface area (Å²) in [6.07, 6.45) is 0.685. The molecule has 3 amide bonds. The topological polar surface area (TPSA) is 118 Å². The maximum atomic E-state index is 13.7. The number of benzene rings is 2. The smallest absolute Gasteiger partial charge is 0.273 e. The molecule has 2 bridgehead atoms. The Hall–Kier alpha value is -2.34. The van der Waals surface area contributed by atoms with Crippen molar-refractivity contribution in [3.05, 3.63) is 73.8 Å². The summed E-state index contributed by atoms with van der Waals surface area (Å²) in [7, 11) is 0. The molecule has 9 nitrogen and oxygen atoms in total. The highest BCUT2D eigenvalue weighted by Crippen LogP contribution is 2.60. The molecule has 2 saturated carbocycles. The van der Waals surface area contributed by atoms with E-state index in [1.54, 1.807) is 0 Å². The van der Waals surface area contributed by atoms with Crippen LogP contribution in [0.15, 0.2) is 42.5 Å². The van der Waals surface area contributed by atoms with E-state index in [4.69, 9.17) is 23.2 Å². The van der Waals surface area contributed by atoms with Gasteiger partial charge in [-0.25, -0.2) is 5.01 Å². The quantitative estimate of drug-likeness (QED) is 0.141. The van der Waals surface area contributed by atoms with Crippen LogP contribution in [0.5, 0.6) is 0 Å². The number of nitrogens with zero attached hydrogens (tertiary/aromatic N) is 3. The molecule has 2 aliphatic carbocycles. The number of carbonyl (C=O) groups excluding carboxylic acids is 4. The number of fused-ring (bicyclic) bond motifs is 5. The fraction of sp³-hybridized carbons (Fsp3) is 0.333. The molecule has 37 heavy (non-hydrogen) atoms. The number of imide groups is 1. The Labute approximate surface area is 237 Å². The standard InChI is InChI=1S/C24H17Br2Cl2N3O6/c25-20-14-8-15(21(20)26)19-18(14)23(34)30(24(19)35)29(9-17(32)13-5-4-11(27)7-16(13)28)22(33)10-2-1-3-12(6-10)31(36)37/h1-7,14-15,18-21H,8-9H2/t14-,15-,18-,19-,20+,21+/m1/s1. The molecule has 1 heterocycles. The minimum atomic E-state index is -0.901. The molecule has 6 atom stereocenters. The molecule has 192 valence electrons. The number of hydrogen-bond donors (Lipinski definition) is 0. The Bertz CT molecular complexity index is 1340. The van der Waals surface area contributed by atoms with Crippen molar-refractivity contribution < 1.29 is 24.1 Å². The molecule has 2 aromatic rings. The first-order valence-corrected chi connectivity index (χ1v) is 13.8. The number of hydrazine groups is 1. The first-order chi connectivity index (χ1) is 17.5. The van der Waals surface area contributed by atoms with Crippen molar-refractivity contribution in [2.75, 3.05) is 6.54 Å². The Morgan fingerprint density at radius 3 is 2.22 bits per heavy atom. The van der Waals surface area contributed by atoms with E-state index in [0.29, 0.717) is 11.4 Å². The summed E-state index contributed by atoms with van der Waals surface area (Å²) in [5.41, 5.74) is -0.457. The highest BCUT2D eigenvalue weighted by molar-refractivity contribution is 9.12. The van der Waals surface area contributed by atoms with Crippen molar-refractivity contribution in [2.45, 2.75) is 16.1 Å². The van der Waals surface area contributed by atoms with Gasteiger partial charge in [-0.1, -0.05) is 61.1 Å². The fourth-order valence-electron chi connectivity index (χ4n) is 5.64. The Morgan fingerprint density at radius 1 is 1.03 bits per heavy atom. The minimum Gasteiger partial charge on any atom is -0.292 e. The van der Waals surface area contributed by atoms with E-state index in [1.165, 1.54) is 36.4 Å². The second-order valence-corrected chi connectivity index (χ2v) is 12.2. The van der Waals surface area contributed by atoms with Crippen LogP contribution in [0, 0.1) is 33.8 Å². The van der Waals surface area contributed by atoms with Gasteiger partial charge in [-0.3, -0.25) is 29.3 Å². The van der Waals surface area contributed by atoms with Gasteiger partial charge in [0, 0.05) is 37.9 Å². The van der Waals surface area contributed by atoms with Crippen LogP contribution in [0.2, 0.25) is 10.0 Å². The van der Waals surface area contributed by atoms with E-state index in [1.807, 2.05) is 0 Å². The minimum absolute atomic E-state index is 0.0223. The summed E-state index contributed by atoms with van der Waals surface area (Å²) >= 11 is 19.4. The average molecular weight is 674 g/mol. The lowest BCUT2D eigenvalue weighted by Crippen LogP contribution is -2.52. The van der Waals surface area contributed by atoms with Crippen molar-refractivity contribution >= 4 is 84.3 Å². The van der Waals surface area contributed by atoms with E-state index in [9.17, 15) is 29.3 Å². The van der Waals surface area contributed by atoms with Crippen molar-refractivity contribution in [1.82, 2.24) is 10.0 Å². The normalized spacial score (nSPS) is 27.9. The van der Waals surface area contributed by atoms with E-state index in [2.05, 4.69) is 31.9 Å². The SMILES string of the molecule is O=C(CN(C(=O)c1cccc([N+](=O)[O-])c1)N1C(=O)[C@@H]2[C@H]3C[C@@H]([C@H](Br)[C@H]3Br)[C@H]2C1=O)c1ccc(Cl)cc1Cl. The highest BCUT2D eigenvalue weighted by atomic mass is 79.9. The molecule has 0 unspecified atom stereocenters. The Balaban J connectivity index is 1.54. The molecule has 1 saturated heterocycles. The molecule has 0 N–H and O–H groups in total. The summed E-state index contributed by atoms with van der Waals surface area (Å²) < 4.78 is 0. The van der Waals surface area contributed by atoms with Crippen LogP contribution in [0.1, 0.15) is 27.1 Å². The van der Waals surface area contributed by atoms with Crippen molar-refractivity contribution in [3.8, 4) is 0 Å². The molecule has 0 radical (unpaired) electrons. The zero-order valence-electron chi connectivity index (χ0n) is 18.7. The number of amides is 3. The van der Waals surface area contributed by atoms with Gasteiger partial charge in [-0.05, 0) is 42.5 Å². The molecule has 0 spiro atoms. The summed E-state index contributed by atoms with van der Waals surface area (Å²) in [6, 6.07) is 9.08. The number of alkyl halides is 2. The van der Waals surface area contributed by atoms with Crippen LogP contribution in [0.4, 0.5) is 5.69 Å². The molecule has 1 aliphatic heterocycles. The molecular formula is C24H17Br2Cl2N3O6. The third-order valence-corrected chi connectivity index (χ3v) is 11.0. The van der Waals surface area contributed by atoms with Gasteiger partial charge < -0.3 is 0 Å². The number of halogens is 4. The van der Waals surface area contributed by atoms with Gasteiger partial charge in [-0.2, -0.15) is 5.01 Å². The van der Waals surface area contributed by atoms with Crippen molar-refractivity contribution in [1.29, 1.82) is 0 Å². The molecule has 2 aromatic carbocycles. The number of rotatable bonds is 6. The number of non-ortho nitro benzene ring substituents is 1. The maximum absolute atomic E-state index is 13.7. The first-order valence-electron chi connectivity index (χ1n) is 11.2. The van der Waals surface area contributed by atoms with Crippen LogP contribution < -0.4 is 0 Å². The second kappa shape index (κ2) is 9.76. The third-order valence-electron chi connectivity index (χ3n) is 7.27. The maximum Gasteiger partial charge on any atom is 0.273 e. The largest absolute Gasteiger partial charge is 0.292 e. The number of ketones is 1. The summed E-state index contributed by atoms with van der Waals surface area (Å²) in [5.74, 6) is -4.18. The zero-order valence-corrected chi connectivity index (χ0v) is 23.4. The van der Waals surface area contributed by atoms with Gasteiger partial charge in [0.05, 0.1) is 21.8 Å². The molecule has 13 heteroatoms. The monoisotopic (exact) mass is 671 g/mol. The van der Waals surface area contributed by atoms with Gasteiger partial charge in [0.15, 0.2) is 5.78 Å². The van der Waals surface area contributed by atoms with Crippen molar-refractivity contribution in [3.63, 3.8) is 0 Å². The predicted octanol–water partition coefficient (Wildman–Crippen LogP) is 4.92. The van der Waals surface area contributed by atoms with Crippen LogP contribution >= 0.6 is 55.1 Å². The van der Waals surface area contributed by atoms with E-state index < -0.39 is 46.8 Å². The Kier molecular flexibility index (Phi) is 6.93. The zero-order chi connectivity index (χ0) is 26.8. The number of carbonyl (C=O) groups is 4. The molecular weight excluding hydrogens is 657 g/mol. The summed E-state index contributed by atoms with van der Waals surface area (Å²) in [6.45, 7) is -0.690. The summed E-state index contributed by atoms with van der Waals surface area (Å²) in [4.78, 5) is 64.8. The number of nitro benzene ring substituents is 1. The van der Waals surface area contributed by atoms with Gasteiger partial charge in [0.2, 0.25) is 0 Å². The summed E-state index contributed by atoms with van der Waals surface area (Å²) in [5, 5.41) is 13.2. The lowest BCUT2D eigenvalue weighted by atomic mass is 9.81. The lowest BCUT2D eigenvalue weighted by molar-refractivity contribution is -0.384. The number of nitro groups is 1. The van der Waals surface area contributed by atoms with Gasteiger partial charge in [0.1, 0.15) is 6.54 Å². The van der Waals surface area contributed by atoms with E-state index >= 15 is 0 Å². The number of Topliss-reactive ketones (excluding diaryl/α,β-unsaturated/α-hetero) is 1. The van der Waals surface area contributed by atoms with Crippen LogP contribution in [0.25, 0.3) is 0 Å². The Morgan fingerprint density at radius 2 is 1.65 bits per heavy atom. The fourth-order valence-corrected chi connectivity index (χ4v) is 8.03. The molecule has 3 aliphatic rings. The first kappa shape index (κ1) is 26.3. The van der Waals surface area contributed by atoms with E-state index in [0.717, 1.165) is 16.1 Å². The van der Waals surface area contributed by atoms with Crippen LogP contribution in [-0.4, -0.2) is 54.6 Å². The van der Waals surface area contributed by atoms with E-state index in [-0.39, 0.29) is 43.3 Å². The average Bonchev–Trinajstić information content (AvgIpc) is 3.47. The van der Waals surface area contributed by atoms with Gasteiger partial charge in [-0.15, -0.1) is 0 Å². The molecule has 5 rings (SSSR count). The third kappa shape index (κ3) is 4.29. The molecule has 3 fully saturated rings. The van der Waals surface area contributed by atoms with Crippen LogP contribution in [-0.2, 0) is 9.59 Å². The number of hydrogen-bond acceptors (Lipinski definition) is 6. The van der Waals surface area contributed by atoms with Gasteiger partial charge >= 0.3 is 0 Å². The lowest BCUT2D eigenvalue weighted by Gasteiger charge is -2.31.